The number of carbonyl (C=O) groups is 1. The maximum atomic E-state index is 11.8. The van der Waals surface area contributed by atoms with Crippen molar-refractivity contribution in [1.82, 2.24) is 0 Å². The molecule has 0 aliphatic carbocycles. The number of carbonyl (C=O) groups excluding carboxylic acids is 1. The van der Waals surface area contributed by atoms with Crippen molar-refractivity contribution < 1.29 is 14.7 Å². The van der Waals surface area contributed by atoms with E-state index in [0.29, 0.717) is 0 Å². The second kappa shape index (κ2) is 5.49. The normalized spacial score (nSPS) is 13.3. The van der Waals surface area contributed by atoms with Gasteiger partial charge in [0.2, 0.25) is 0 Å². The number of nitriles is 1. The lowest BCUT2D eigenvalue weighted by Gasteiger charge is -2.29. The number of benzene rings is 1. The van der Waals surface area contributed by atoms with Crippen LogP contribution < -0.4 is 5.23 Å². The number of hydrogen-bond acceptors (Lipinski definition) is 6. The summed E-state index contributed by atoms with van der Waals surface area (Å²) in [6.07, 6.45) is 0. The third-order valence-electron chi connectivity index (χ3n) is 2.56. The highest BCUT2D eigenvalue weighted by molar-refractivity contribution is 5.88. The Hall–Kier alpha value is -2.10. The zero-order valence-corrected chi connectivity index (χ0v) is 10.1. The summed E-state index contributed by atoms with van der Waals surface area (Å²) in [4.78, 5) is 11.8. The highest BCUT2D eigenvalue weighted by Crippen LogP contribution is 2.32. The van der Waals surface area contributed by atoms with Gasteiger partial charge in [-0.15, -0.1) is 0 Å². The molecule has 1 aromatic carbocycles. The summed E-state index contributed by atoms with van der Waals surface area (Å²) in [6.45, 7) is 3.08. The lowest BCUT2D eigenvalue weighted by molar-refractivity contribution is -0.147. The molecule has 0 heterocycles. The van der Waals surface area contributed by atoms with Crippen molar-refractivity contribution >= 4 is 11.7 Å². The molecule has 1 aromatic rings. The molecule has 6 heteroatoms. The van der Waals surface area contributed by atoms with Crippen molar-refractivity contribution in [2.75, 3.05) is 11.8 Å². The van der Waals surface area contributed by atoms with Crippen LogP contribution >= 0.6 is 0 Å². The van der Waals surface area contributed by atoms with Crippen LogP contribution in [0.3, 0.4) is 0 Å². The molecule has 6 nitrogen and oxygen atoms in total. The number of para-hydroxylation sites is 1. The Morgan fingerprint density at radius 1 is 1.61 bits per heavy atom. The first-order valence-corrected chi connectivity index (χ1v) is 5.31. The summed E-state index contributed by atoms with van der Waals surface area (Å²) in [5.41, 5.74) is -1.70. The second-order valence-electron chi connectivity index (χ2n) is 3.75. The topological polar surface area (TPSA) is 96.6 Å². The van der Waals surface area contributed by atoms with E-state index in [1.165, 1.54) is 25.1 Å². The minimum Gasteiger partial charge on any atom is -0.733 e. The van der Waals surface area contributed by atoms with E-state index in [2.05, 4.69) is 0 Å². The van der Waals surface area contributed by atoms with Crippen LogP contribution in [0, 0.1) is 16.5 Å². The summed E-state index contributed by atoms with van der Waals surface area (Å²) in [5.74, 6) is -0.762. The van der Waals surface area contributed by atoms with Crippen molar-refractivity contribution in [3.8, 4) is 6.07 Å². The predicted octanol–water partition coefficient (Wildman–Crippen LogP) is 1.72. The van der Waals surface area contributed by atoms with Gasteiger partial charge in [-0.1, -0.05) is 18.2 Å². The Morgan fingerprint density at radius 2 is 2.22 bits per heavy atom. The van der Waals surface area contributed by atoms with Gasteiger partial charge >= 0.3 is 5.97 Å². The zero-order chi connectivity index (χ0) is 13.8. The molecule has 0 fully saturated rings. The van der Waals surface area contributed by atoms with Crippen LogP contribution in [0.2, 0.25) is 0 Å². The van der Waals surface area contributed by atoms with Gasteiger partial charge in [0.1, 0.15) is 0 Å². The van der Waals surface area contributed by atoms with Gasteiger partial charge in [0, 0.05) is 5.56 Å². The third-order valence-corrected chi connectivity index (χ3v) is 2.56. The number of rotatable bonds is 4. The highest BCUT2D eigenvalue weighted by atomic mass is 16.8. The first kappa shape index (κ1) is 14.0. The monoisotopic (exact) mass is 249 g/mol. The van der Waals surface area contributed by atoms with Crippen LogP contribution in [0.5, 0.6) is 0 Å². The average molecular weight is 249 g/mol. The minimum absolute atomic E-state index is 0.100. The quantitative estimate of drug-likeness (QED) is 0.644. The minimum atomic E-state index is -1.64. The molecular weight excluding hydrogens is 236 g/mol. The van der Waals surface area contributed by atoms with E-state index in [1.54, 1.807) is 13.0 Å². The van der Waals surface area contributed by atoms with Crippen LogP contribution in [0.1, 0.15) is 19.4 Å². The second-order valence-corrected chi connectivity index (χ2v) is 3.75. The van der Waals surface area contributed by atoms with Crippen molar-refractivity contribution in [2.24, 2.45) is 0 Å². The van der Waals surface area contributed by atoms with Crippen molar-refractivity contribution in [3.05, 3.63) is 35.0 Å². The van der Waals surface area contributed by atoms with Crippen LogP contribution in [-0.4, -0.2) is 17.8 Å². The van der Waals surface area contributed by atoms with Gasteiger partial charge in [-0.2, -0.15) is 5.26 Å². The average Bonchev–Trinajstić information content (AvgIpc) is 2.38. The fourth-order valence-corrected chi connectivity index (χ4v) is 1.55. The van der Waals surface area contributed by atoms with Gasteiger partial charge in [-0.3, -0.25) is 5.21 Å². The number of esters is 1. The molecule has 1 atom stereocenters. The number of anilines is 1. The molecule has 0 saturated carbocycles. The Bertz CT molecular complexity index is 481. The van der Waals surface area contributed by atoms with E-state index in [9.17, 15) is 15.3 Å². The summed E-state index contributed by atoms with van der Waals surface area (Å²) in [6, 6.07) is 7.65. The summed E-state index contributed by atoms with van der Waals surface area (Å²) in [7, 11) is 0. The molecular formula is C12H13N2O4-. The van der Waals surface area contributed by atoms with Gasteiger partial charge in [-0.05, 0) is 19.9 Å². The molecule has 96 valence electrons. The fourth-order valence-electron chi connectivity index (χ4n) is 1.55. The third kappa shape index (κ3) is 2.42. The molecule has 1 N–H and O–H groups in total. The summed E-state index contributed by atoms with van der Waals surface area (Å²) < 4.78 is 4.82. The van der Waals surface area contributed by atoms with Crippen LogP contribution in [-0.2, 0) is 14.9 Å². The molecule has 0 aliphatic heterocycles. The molecule has 0 aliphatic rings. The van der Waals surface area contributed by atoms with Gasteiger partial charge < -0.3 is 15.2 Å². The smallest absolute Gasteiger partial charge is 0.330 e. The van der Waals surface area contributed by atoms with Gasteiger partial charge in [-0.25, -0.2) is 4.79 Å². The van der Waals surface area contributed by atoms with E-state index >= 15 is 0 Å². The molecule has 0 amide bonds. The lowest BCUT2D eigenvalue weighted by Crippen LogP contribution is -2.34. The number of ether oxygens (including phenoxy) is 1. The molecule has 0 radical (unpaired) electrons. The highest BCUT2D eigenvalue weighted by Gasteiger charge is 2.39. The van der Waals surface area contributed by atoms with Gasteiger partial charge in [0.25, 0.3) is 0 Å². The molecule has 0 unspecified atom stereocenters. The molecule has 0 saturated heterocycles. The molecule has 0 bridgehead atoms. The zero-order valence-electron chi connectivity index (χ0n) is 10.1. The SMILES string of the molecule is CCOC(=O)[C@@](C)(C#N)c1ccccc1N([O-])O. The van der Waals surface area contributed by atoms with E-state index < -0.39 is 11.4 Å². The van der Waals surface area contributed by atoms with Crippen molar-refractivity contribution in [2.45, 2.75) is 19.3 Å². The van der Waals surface area contributed by atoms with Crippen molar-refractivity contribution in [1.29, 1.82) is 5.26 Å². The Morgan fingerprint density at radius 3 is 2.72 bits per heavy atom. The van der Waals surface area contributed by atoms with Crippen LogP contribution in [0.25, 0.3) is 0 Å². The maximum Gasteiger partial charge on any atom is 0.330 e. The maximum absolute atomic E-state index is 11.8. The lowest BCUT2D eigenvalue weighted by atomic mass is 9.83. The standard InChI is InChI=1S/C12H13N2O4/c1-3-18-11(15)12(2,8-13)9-6-4-5-7-10(9)14(16)17/h4-7,16H,3H2,1-2H3/q-1/t12-/m0/s1. The Balaban J connectivity index is 3.33. The predicted molar refractivity (Wildman–Crippen MR) is 63.7 cm³/mol. The van der Waals surface area contributed by atoms with Crippen LogP contribution in [0.15, 0.2) is 24.3 Å². The summed E-state index contributed by atoms with van der Waals surface area (Å²) >= 11 is 0. The molecule has 18 heavy (non-hydrogen) atoms. The molecule has 1 rings (SSSR count). The first-order valence-electron chi connectivity index (χ1n) is 5.31. The van der Waals surface area contributed by atoms with E-state index in [0.717, 1.165) is 0 Å². The summed E-state index contributed by atoms with van der Waals surface area (Å²) in [5, 5.41) is 28.8. The van der Waals surface area contributed by atoms with E-state index in [1.807, 2.05) is 6.07 Å². The largest absolute Gasteiger partial charge is 0.733 e. The Labute approximate surface area is 105 Å². The van der Waals surface area contributed by atoms with Gasteiger partial charge in [0.15, 0.2) is 5.41 Å². The van der Waals surface area contributed by atoms with Crippen LogP contribution in [0.4, 0.5) is 5.69 Å². The number of nitrogens with zero attached hydrogens (tertiary/aromatic N) is 2. The van der Waals surface area contributed by atoms with Gasteiger partial charge in [0.05, 0.1) is 18.4 Å². The number of hydrogen-bond donors (Lipinski definition) is 1. The Kier molecular flexibility index (Phi) is 4.26. The molecule has 0 aromatic heterocycles. The van der Waals surface area contributed by atoms with E-state index in [4.69, 9.17) is 9.94 Å². The first-order chi connectivity index (χ1) is 8.47. The van der Waals surface area contributed by atoms with E-state index in [-0.39, 0.29) is 23.1 Å². The fraction of sp³-hybridized carbons (Fsp3) is 0.333. The van der Waals surface area contributed by atoms with Crippen molar-refractivity contribution in [3.63, 3.8) is 0 Å². The molecule has 0 spiro atoms.